The summed E-state index contributed by atoms with van der Waals surface area (Å²) in [7, 11) is 1.28. The van der Waals surface area contributed by atoms with Crippen molar-refractivity contribution in [2.75, 3.05) is 7.11 Å². The summed E-state index contributed by atoms with van der Waals surface area (Å²) in [6.45, 7) is 7.64. The Morgan fingerprint density at radius 1 is 1.21 bits per heavy atom. The summed E-state index contributed by atoms with van der Waals surface area (Å²) >= 11 is 0. The maximum Gasteiger partial charge on any atom is 0.311 e. The van der Waals surface area contributed by atoms with Crippen molar-refractivity contribution < 1.29 is 24.2 Å². The van der Waals surface area contributed by atoms with Gasteiger partial charge in [-0.1, -0.05) is 6.92 Å². The number of nitrogens with zero attached hydrogens (tertiary/aromatic N) is 1. The number of carboxylic acids is 1. The highest BCUT2D eigenvalue weighted by Gasteiger charge is 2.61. The minimum absolute atomic E-state index is 0.114. The van der Waals surface area contributed by atoms with Crippen molar-refractivity contribution in [1.29, 1.82) is 0 Å². The third kappa shape index (κ3) is 3.27. The first-order chi connectivity index (χ1) is 11.1. The van der Waals surface area contributed by atoms with Crippen LogP contribution in [0.4, 0.5) is 0 Å². The van der Waals surface area contributed by atoms with Crippen molar-refractivity contribution >= 4 is 17.8 Å². The average Bonchev–Trinajstić information content (AvgIpc) is 3.01. The first-order valence-electron chi connectivity index (χ1n) is 8.52. The molecule has 2 N–H and O–H groups in total. The second-order valence-corrected chi connectivity index (χ2v) is 7.74. The lowest BCUT2D eigenvalue weighted by Crippen LogP contribution is -2.54. The molecule has 7 heteroatoms. The molecule has 0 radical (unpaired) electrons. The number of esters is 1. The van der Waals surface area contributed by atoms with Crippen molar-refractivity contribution in [3.8, 4) is 0 Å². The molecule has 0 aromatic heterocycles. The van der Waals surface area contributed by atoms with Crippen molar-refractivity contribution in [3.63, 3.8) is 0 Å². The zero-order valence-corrected chi connectivity index (χ0v) is 15.0. The van der Waals surface area contributed by atoms with Crippen LogP contribution in [0, 0.1) is 11.8 Å². The predicted molar refractivity (Wildman–Crippen MR) is 87.3 cm³/mol. The second-order valence-electron chi connectivity index (χ2n) is 7.74. The molecule has 2 aliphatic heterocycles. The number of hydrogen-bond acceptors (Lipinski definition) is 5. The largest absolute Gasteiger partial charge is 0.481 e. The molecule has 1 unspecified atom stereocenters. The Balaban J connectivity index is 2.31. The summed E-state index contributed by atoms with van der Waals surface area (Å²) in [5.41, 5.74) is -0.364. The van der Waals surface area contributed by atoms with E-state index >= 15 is 0 Å². The fourth-order valence-electron chi connectivity index (χ4n) is 4.30. The Labute approximate surface area is 142 Å². The third-order valence-corrected chi connectivity index (χ3v) is 5.05. The summed E-state index contributed by atoms with van der Waals surface area (Å²) in [6.07, 6.45) is 1.97. The number of ether oxygens (including phenoxy) is 1. The lowest BCUT2D eigenvalue weighted by atomic mass is 9.79. The maximum atomic E-state index is 12.7. The van der Waals surface area contributed by atoms with Crippen LogP contribution in [0.2, 0.25) is 0 Å². The van der Waals surface area contributed by atoms with Crippen LogP contribution in [0.3, 0.4) is 0 Å². The molecule has 24 heavy (non-hydrogen) atoms. The molecule has 2 rings (SSSR count). The van der Waals surface area contributed by atoms with Gasteiger partial charge in [-0.2, -0.15) is 0 Å². The van der Waals surface area contributed by atoms with Gasteiger partial charge in [0.1, 0.15) is 0 Å². The van der Waals surface area contributed by atoms with Gasteiger partial charge >= 0.3 is 11.9 Å². The van der Waals surface area contributed by atoms with E-state index in [0.29, 0.717) is 19.3 Å². The summed E-state index contributed by atoms with van der Waals surface area (Å²) in [4.78, 5) is 38.6. The summed E-state index contributed by atoms with van der Waals surface area (Å²) < 4.78 is 4.84. The van der Waals surface area contributed by atoms with Crippen LogP contribution in [0.5, 0.6) is 0 Å². The fraction of sp³-hybridized carbons (Fsp3) is 0.824. The first kappa shape index (κ1) is 18.7. The van der Waals surface area contributed by atoms with E-state index in [1.165, 1.54) is 7.11 Å². The highest BCUT2D eigenvalue weighted by atomic mass is 16.5. The molecule has 0 aromatic rings. The number of hydrogen-bond donors (Lipinski definition) is 2. The monoisotopic (exact) mass is 340 g/mol. The molecular weight excluding hydrogens is 312 g/mol. The van der Waals surface area contributed by atoms with Gasteiger partial charge in [0, 0.05) is 17.6 Å². The maximum absolute atomic E-state index is 12.7. The first-order valence-corrected chi connectivity index (χ1v) is 8.52. The van der Waals surface area contributed by atoms with Crippen LogP contribution in [0.1, 0.15) is 47.0 Å². The number of carbonyl (C=O) groups excluding carboxylic acids is 2. The van der Waals surface area contributed by atoms with Crippen LogP contribution in [0.15, 0.2) is 0 Å². The van der Waals surface area contributed by atoms with Gasteiger partial charge in [0.05, 0.1) is 25.0 Å². The number of fused-ring (bicyclic) bond motifs is 2. The van der Waals surface area contributed by atoms with Crippen LogP contribution >= 0.6 is 0 Å². The number of amides is 1. The van der Waals surface area contributed by atoms with Gasteiger partial charge in [-0.3, -0.25) is 19.3 Å². The Bertz CT molecular complexity index is 528. The van der Waals surface area contributed by atoms with Crippen LogP contribution in [-0.2, 0) is 19.1 Å². The number of aliphatic carboxylic acids is 1. The zero-order valence-electron chi connectivity index (χ0n) is 15.0. The predicted octanol–water partition coefficient (Wildman–Crippen LogP) is 1.02. The Morgan fingerprint density at radius 2 is 1.75 bits per heavy atom. The van der Waals surface area contributed by atoms with E-state index in [1.54, 1.807) is 0 Å². The topological polar surface area (TPSA) is 95.9 Å². The third-order valence-electron chi connectivity index (χ3n) is 5.05. The molecule has 0 aromatic carbocycles. The molecule has 0 aliphatic carbocycles. The average molecular weight is 340 g/mol. The van der Waals surface area contributed by atoms with E-state index in [0.717, 1.165) is 0 Å². The number of carboxylic acid groups (broad SMARTS) is 1. The number of nitrogens with one attached hydrogen (secondary N) is 1. The number of carbonyl (C=O) groups is 3. The number of methoxy groups -OCH3 is 1. The molecule has 0 saturated carbocycles. The Hall–Kier alpha value is -1.63. The lowest BCUT2D eigenvalue weighted by Gasteiger charge is -2.33. The van der Waals surface area contributed by atoms with Gasteiger partial charge in [-0.05, 0) is 40.0 Å². The smallest absolute Gasteiger partial charge is 0.311 e. The Kier molecular flexibility index (Phi) is 5.22. The van der Waals surface area contributed by atoms with E-state index in [-0.39, 0.29) is 23.5 Å². The quantitative estimate of drug-likeness (QED) is 0.725. The minimum Gasteiger partial charge on any atom is -0.481 e. The van der Waals surface area contributed by atoms with E-state index in [2.05, 4.69) is 5.32 Å². The van der Waals surface area contributed by atoms with Gasteiger partial charge < -0.3 is 15.2 Å². The van der Waals surface area contributed by atoms with Crippen molar-refractivity contribution in [2.24, 2.45) is 11.8 Å². The molecule has 0 spiro atoms. The van der Waals surface area contributed by atoms with Gasteiger partial charge in [-0.25, -0.2) is 0 Å². The van der Waals surface area contributed by atoms with E-state index in [4.69, 9.17) is 4.74 Å². The van der Waals surface area contributed by atoms with Crippen LogP contribution in [0.25, 0.3) is 0 Å². The molecule has 5 atom stereocenters. The highest BCUT2D eigenvalue weighted by molar-refractivity contribution is 5.86. The fourth-order valence-corrected chi connectivity index (χ4v) is 4.30. The SMILES string of the molecule is CCC(C(=O)NC(C)(C)C)N1[C@@H]2CC[C@H]1[C@@H](C(=O)O)[C@@H]2C(=O)OC. The molecule has 7 nitrogen and oxygen atoms in total. The summed E-state index contributed by atoms with van der Waals surface area (Å²) in [5, 5.41) is 12.6. The zero-order chi connectivity index (χ0) is 18.2. The van der Waals surface area contributed by atoms with Crippen LogP contribution in [-0.4, -0.2) is 58.6 Å². The van der Waals surface area contributed by atoms with Gasteiger partial charge in [0.2, 0.25) is 5.91 Å². The molecule has 2 saturated heterocycles. The normalized spacial score (nSPS) is 30.9. The Morgan fingerprint density at radius 3 is 2.17 bits per heavy atom. The van der Waals surface area contributed by atoms with Crippen LogP contribution < -0.4 is 5.32 Å². The van der Waals surface area contributed by atoms with Gasteiger partial charge in [0.15, 0.2) is 0 Å². The number of rotatable bonds is 5. The molecule has 1 amide bonds. The molecule has 2 bridgehead atoms. The second kappa shape index (κ2) is 6.70. The van der Waals surface area contributed by atoms with E-state index < -0.39 is 29.8 Å². The molecular formula is C17H28N2O5. The summed E-state index contributed by atoms with van der Waals surface area (Å²) in [5.74, 6) is -3.12. The van der Waals surface area contributed by atoms with Crippen molar-refractivity contribution in [3.05, 3.63) is 0 Å². The molecule has 2 heterocycles. The lowest BCUT2D eigenvalue weighted by molar-refractivity contribution is -0.156. The van der Waals surface area contributed by atoms with Crippen molar-refractivity contribution in [2.45, 2.75) is 70.6 Å². The summed E-state index contributed by atoms with van der Waals surface area (Å²) in [6, 6.07) is -0.982. The molecule has 2 fully saturated rings. The van der Waals surface area contributed by atoms with Gasteiger partial charge in [-0.15, -0.1) is 0 Å². The molecule has 2 aliphatic rings. The van der Waals surface area contributed by atoms with E-state index in [1.807, 2.05) is 32.6 Å². The molecule has 136 valence electrons. The standard InChI is InChI=1S/C17H28N2O5/c1-6-9(14(20)18-17(2,3)4)19-10-7-8-11(19)13(16(23)24-5)12(10)15(21)22/h9-13H,6-8H2,1-5H3,(H,18,20)(H,21,22)/t9?,10-,11+,12+,13+/m0/s1. The van der Waals surface area contributed by atoms with Gasteiger partial charge in [0.25, 0.3) is 0 Å². The minimum atomic E-state index is -0.992. The van der Waals surface area contributed by atoms with E-state index in [9.17, 15) is 19.5 Å². The van der Waals surface area contributed by atoms with Crippen molar-refractivity contribution in [1.82, 2.24) is 10.2 Å². The highest BCUT2D eigenvalue weighted by Crippen LogP contribution is 2.48.